The molecule has 0 aromatic heterocycles. The zero-order chi connectivity index (χ0) is 9.26. The van der Waals surface area contributed by atoms with Gasteiger partial charge in [0.1, 0.15) is 11.9 Å². The van der Waals surface area contributed by atoms with Crippen LogP contribution in [-0.2, 0) is 4.74 Å². The van der Waals surface area contributed by atoms with Crippen LogP contribution >= 0.6 is 0 Å². The highest BCUT2D eigenvalue weighted by Gasteiger charge is 2.31. The van der Waals surface area contributed by atoms with Crippen molar-refractivity contribution in [1.29, 1.82) is 0 Å². The number of hydrogen-bond acceptors (Lipinski definition) is 2. The van der Waals surface area contributed by atoms with Crippen LogP contribution in [-0.4, -0.2) is 17.8 Å². The third-order valence-corrected chi connectivity index (χ3v) is 3.21. The molecular weight excluding hydrogens is 164 g/mol. The highest BCUT2D eigenvalue weighted by Crippen LogP contribution is 2.35. The predicted molar refractivity (Wildman–Crippen MR) is 51.2 cm³/mol. The van der Waals surface area contributed by atoms with E-state index in [1.807, 2.05) is 6.08 Å². The lowest BCUT2D eigenvalue weighted by atomic mass is 9.98. The van der Waals surface area contributed by atoms with Crippen LogP contribution in [0.3, 0.4) is 0 Å². The number of ether oxygens (including phenoxy) is 1. The standard InChI is InChI=1S/C11H18O2/c1-8-4-5-9(7-8)11(12)10-3-2-6-13-10/h3,8-9,11-12H,2,4-7H2,1H3. The van der Waals surface area contributed by atoms with E-state index in [0.717, 1.165) is 37.5 Å². The highest BCUT2D eigenvalue weighted by molar-refractivity contribution is 5.06. The molecule has 0 radical (unpaired) electrons. The summed E-state index contributed by atoms with van der Waals surface area (Å²) in [5.74, 6) is 2.06. The third kappa shape index (κ3) is 1.88. The van der Waals surface area contributed by atoms with E-state index in [1.54, 1.807) is 0 Å². The van der Waals surface area contributed by atoms with Crippen LogP contribution in [0.4, 0.5) is 0 Å². The lowest BCUT2D eigenvalue weighted by Crippen LogP contribution is -2.20. The first-order valence-corrected chi connectivity index (χ1v) is 5.28. The van der Waals surface area contributed by atoms with Crippen molar-refractivity contribution in [3.8, 4) is 0 Å². The number of rotatable bonds is 2. The molecule has 1 N–H and O–H groups in total. The fraction of sp³-hybridized carbons (Fsp3) is 0.818. The van der Waals surface area contributed by atoms with Gasteiger partial charge in [-0.3, -0.25) is 0 Å². The first-order valence-electron chi connectivity index (χ1n) is 5.28. The molecule has 0 spiro atoms. The van der Waals surface area contributed by atoms with Crippen LogP contribution in [0.5, 0.6) is 0 Å². The number of aliphatic hydroxyl groups excluding tert-OH is 1. The minimum absolute atomic E-state index is 0.326. The van der Waals surface area contributed by atoms with Crippen molar-refractivity contribution in [3.63, 3.8) is 0 Å². The van der Waals surface area contributed by atoms with Crippen molar-refractivity contribution < 1.29 is 9.84 Å². The van der Waals surface area contributed by atoms with E-state index in [-0.39, 0.29) is 6.10 Å². The Labute approximate surface area is 79.6 Å². The van der Waals surface area contributed by atoms with Crippen LogP contribution in [0, 0.1) is 11.8 Å². The van der Waals surface area contributed by atoms with E-state index in [1.165, 1.54) is 6.42 Å². The fourth-order valence-electron chi connectivity index (χ4n) is 2.41. The molecule has 0 bridgehead atoms. The van der Waals surface area contributed by atoms with Gasteiger partial charge in [-0.1, -0.05) is 13.3 Å². The van der Waals surface area contributed by atoms with E-state index >= 15 is 0 Å². The lowest BCUT2D eigenvalue weighted by molar-refractivity contribution is 0.0750. The molecule has 13 heavy (non-hydrogen) atoms. The Bertz CT molecular complexity index is 210. The van der Waals surface area contributed by atoms with Crippen LogP contribution in [0.2, 0.25) is 0 Å². The maximum Gasteiger partial charge on any atom is 0.121 e. The van der Waals surface area contributed by atoms with Gasteiger partial charge in [0.05, 0.1) is 6.61 Å². The van der Waals surface area contributed by atoms with Gasteiger partial charge in [-0.05, 0) is 30.8 Å². The monoisotopic (exact) mass is 182 g/mol. The highest BCUT2D eigenvalue weighted by atomic mass is 16.5. The summed E-state index contributed by atoms with van der Waals surface area (Å²) < 4.78 is 5.37. The average Bonchev–Trinajstić information content (AvgIpc) is 2.72. The van der Waals surface area contributed by atoms with Gasteiger partial charge in [-0.25, -0.2) is 0 Å². The normalized spacial score (nSPS) is 35.7. The molecule has 3 atom stereocenters. The third-order valence-electron chi connectivity index (χ3n) is 3.21. The molecule has 1 saturated carbocycles. The Morgan fingerprint density at radius 2 is 2.38 bits per heavy atom. The Hall–Kier alpha value is -0.500. The second-order valence-electron chi connectivity index (χ2n) is 4.37. The first-order chi connectivity index (χ1) is 6.27. The molecule has 74 valence electrons. The molecule has 1 heterocycles. The van der Waals surface area contributed by atoms with E-state index in [0.29, 0.717) is 5.92 Å². The SMILES string of the molecule is CC1CCC(C(O)C2=CCCO2)C1. The molecule has 0 aromatic carbocycles. The van der Waals surface area contributed by atoms with Crippen molar-refractivity contribution in [2.24, 2.45) is 11.8 Å². The average molecular weight is 182 g/mol. The zero-order valence-electron chi connectivity index (χ0n) is 8.20. The van der Waals surface area contributed by atoms with E-state index in [9.17, 15) is 5.11 Å². The first kappa shape index (κ1) is 9.07. The van der Waals surface area contributed by atoms with Crippen molar-refractivity contribution in [3.05, 3.63) is 11.8 Å². The minimum Gasteiger partial charge on any atom is -0.495 e. The summed E-state index contributed by atoms with van der Waals surface area (Å²) in [6.45, 7) is 3.02. The molecule has 0 amide bonds. The van der Waals surface area contributed by atoms with Gasteiger partial charge in [0.25, 0.3) is 0 Å². The Morgan fingerprint density at radius 3 is 2.92 bits per heavy atom. The van der Waals surface area contributed by atoms with Crippen LogP contribution in [0.15, 0.2) is 11.8 Å². The second-order valence-corrected chi connectivity index (χ2v) is 4.37. The largest absolute Gasteiger partial charge is 0.495 e. The minimum atomic E-state index is -0.326. The summed E-state index contributed by atoms with van der Waals surface area (Å²) in [6.07, 6.45) is 6.25. The van der Waals surface area contributed by atoms with Gasteiger partial charge in [-0.15, -0.1) is 0 Å². The lowest BCUT2D eigenvalue weighted by Gasteiger charge is -2.18. The molecule has 2 rings (SSSR count). The van der Waals surface area contributed by atoms with Gasteiger partial charge in [0.15, 0.2) is 0 Å². The molecule has 1 aliphatic carbocycles. The molecule has 2 aliphatic rings. The topological polar surface area (TPSA) is 29.5 Å². The molecule has 1 aliphatic heterocycles. The van der Waals surface area contributed by atoms with E-state index in [4.69, 9.17) is 4.74 Å². The van der Waals surface area contributed by atoms with Crippen molar-refractivity contribution in [2.45, 2.75) is 38.7 Å². The van der Waals surface area contributed by atoms with Gasteiger partial charge < -0.3 is 9.84 Å². The Balaban J connectivity index is 1.92. The molecule has 2 nitrogen and oxygen atoms in total. The van der Waals surface area contributed by atoms with Crippen molar-refractivity contribution in [1.82, 2.24) is 0 Å². The van der Waals surface area contributed by atoms with E-state index < -0.39 is 0 Å². The van der Waals surface area contributed by atoms with Gasteiger partial charge in [-0.2, -0.15) is 0 Å². The Morgan fingerprint density at radius 1 is 1.54 bits per heavy atom. The Kier molecular flexibility index (Phi) is 2.58. The second kappa shape index (κ2) is 3.70. The number of aliphatic hydroxyl groups is 1. The summed E-state index contributed by atoms with van der Waals surface area (Å²) in [5.41, 5.74) is 0. The molecular formula is C11H18O2. The summed E-state index contributed by atoms with van der Waals surface area (Å²) in [5, 5.41) is 9.97. The molecule has 0 saturated heterocycles. The smallest absolute Gasteiger partial charge is 0.121 e. The zero-order valence-corrected chi connectivity index (χ0v) is 8.20. The maximum atomic E-state index is 9.97. The molecule has 3 unspecified atom stereocenters. The number of hydrogen-bond donors (Lipinski definition) is 1. The summed E-state index contributed by atoms with van der Waals surface area (Å²) in [6, 6.07) is 0. The summed E-state index contributed by atoms with van der Waals surface area (Å²) in [7, 11) is 0. The molecule has 0 aromatic rings. The van der Waals surface area contributed by atoms with Crippen LogP contribution < -0.4 is 0 Å². The van der Waals surface area contributed by atoms with Crippen molar-refractivity contribution >= 4 is 0 Å². The van der Waals surface area contributed by atoms with Gasteiger partial charge >= 0.3 is 0 Å². The summed E-state index contributed by atoms with van der Waals surface area (Å²) >= 11 is 0. The van der Waals surface area contributed by atoms with Crippen LogP contribution in [0.25, 0.3) is 0 Å². The van der Waals surface area contributed by atoms with Gasteiger partial charge in [0.2, 0.25) is 0 Å². The quantitative estimate of drug-likeness (QED) is 0.708. The van der Waals surface area contributed by atoms with Crippen molar-refractivity contribution in [2.75, 3.05) is 6.61 Å². The maximum absolute atomic E-state index is 9.97. The summed E-state index contributed by atoms with van der Waals surface area (Å²) in [4.78, 5) is 0. The molecule has 2 heteroatoms. The molecule has 1 fully saturated rings. The predicted octanol–water partition coefficient (Wildman–Crippen LogP) is 2.09. The van der Waals surface area contributed by atoms with Gasteiger partial charge in [0, 0.05) is 6.42 Å². The van der Waals surface area contributed by atoms with E-state index in [2.05, 4.69) is 6.92 Å². The fourth-order valence-corrected chi connectivity index (χ4v) is 2.41. The van der Waals surface area contributed by atoms with Crippen LogP contribution in [0.1, 0.15) is 32.6 Å².